The number of hydrogen-bond acceptors (Lipinski definition) is 14. The number of hydrogen-bond donors (Lipinski definition) is 11. The SMILES string of the molecule is CCCCCCC[C@@H](O)CC(=O)C[C@@H](CN)C(=O)C[C@H]1CCNC(=O)[C@H](CC(C)C)NC(=O)[C@H](CCN)NC(=O)[C@H](CCN)NC(=O)[C@H](CC(C)C)NC(=O)[C@@H](Cc2ccccc2)CC(=O)[C@H](CCN)NC1=O. The van der Waals surface area contributed by atoms with Gasteiger partial charge in [-0.1, -0.05) is 97.1 Å². The highest BCUT2D eigenvalue weighted by molar-refractivity contribution is 5.98. The lowest BCUT2D eigenvalue weighted by molar-refractivity contribution is -0.136. The van der Waals surface area contributed by atoms with Crippen LogP contribution in [-0.2, 0) is 49.6 Å². The third-order valence-corrected chi connectivity index (χ3v) is 13.1. The van der Waals surface area contributed by atoms with Crippen LogP contribution >= 0.6 is 0 Å². The highest BCUT2D eigenvalue weighted by Gasteiger charge is 2.36. The lowest BCUT2D eigenvalue weighted by Crippen LogP contribution is -2.59. The summed E-state index contributed by atoms with van der Waals surface area (Å²) in [5, 5.41) is 27.1. The molecule has 15 N–H and O–H groups in total. The lowest BCUT2D eigenvalue weighted by Gasteiger charge is -2.28. The van der Waals surface area contributed by atoms with Crippen LogP contribution in [0.1, 0.15) is 143 Å². The van der Waals surface area contributed by atoms with Crippen molar-refractivity contribution in [2.24, 2.45) is 52.5 Å². The maximum Gasteiger partial charge on any atom is 0.243 e. The quantitative estimate of drug-likeness (QED) is 0.0580. The number of ketones is 3. The number of amides is 6. The van der Waals surface area contributed by atoms with E-state index in [0.717, 1.165) is 32.1 Å². The maximum absolute atomic E-state index is 14.4. The fourth-order valence-electron chi connectivity index (χ4n) is 8.96. The molecule has 0 aromatic heterocycles. The van der Waals surface area contributed by atoms with Crippen molar-refractivity contribution in [2.45, 2.75) is 180 Å². The van der Waals surface area contributed by atoms with Crippen molar-refractivity contribution in [3.63, 3.8) is 0 Å². The smallest absolute Gasteiger partial charge is 0.243 e. The van der Waals surface area contributed by atoms with Gasteiger partial charge in [0.25, 0.3) is 0 Å². The van der Waals surface area contributed by atoms with E-state index in [9.17, 15) is 48.3 Å². The van der Waals surface area contributed by atoms with Crippen LogP contribution in [0, 0.1) is 29.6 Å². The fraction of sp³-hybridized carbons (Fsp3) is 0.717. The molecule has 9 atom stereocenters. The molecule has 412 valence electrons. The van der Waals surface area contributed by atoms with Crippen LogP contribution < -0.4 is 54.8 Å². The van der Waals surface area contributed by atoms with Crippen LogP contribution in [0.25, 0.3) is 0 Å². The largest absolute Gasteiger partial charge is 0.393 e. The molecule has 6 amide bonds. The molecular weight excluding hydrogens is 937 g/mol. The van der Waals surface area contributed by atoms with Gasteiger partial charge in [-0.05, 0) is 88.4 Å². The average molecular weight is 1030 g/mol. The molecule has 1 aliphatic heterocycles. The molecule has 1 fully saturated rings. The van der Waals surface area contributed by atoms with Gasteiger partial charge in [0.15, 0.2) is 5.78 Å². The number of aliphatic hydroxyl groups excluding tert-OH is 1. The molecule has 0 aliphatic carbocycles. The third-order valence-electron chi connectivity index (χ3n) is 13.1. The second-order valence-corrected chi connectivity index (χ2v) is 20.5. The van der Waals surface area contributed by atoms with Crippen molar-refractivity contribution in [3.8, 4) is 0 Å². The van der Waals surface area contributed by atoms with Crippen molar-refractivity contribution in [3.05, 3.63) is 35.9 Å². The van der Waals surface area contributed by atoms with Crippen LogP contribution in [0.4, 0.5) is 0 Å². The van der Waals surface area contributed by atoms with E-state index in [-0.39, 0.29) is 115 Å². The van der Waals surface area contributed by atoms with Gasteiger partial charge in [-0.15, -0.1) is 0 Å². The minimum atomic E-state index is -1.24. The Labute approximate surface area is 432 Å². The van der Waals surface area contributed by atoms with Gasteiger partial charge < -0.3 is 59.9 Å². The number of Topliss-reactive ketones (excluding diaryl/α,β-unsaturated/α-hetero) is 3. The van der Waals surface area contributed by atoms with E-state index in [0.29, 0.717) is 12.0 Å². The molecule has 0 bridgehead atoms. The predicted octanol–water partition coefficient (Wildman–Crippen LogP) is 1.11. The molecule has 1 aromatic rings. The van der Waals surface area contributed by atoms with Crippen molar-refractivity contribution >= 4 is 52.8 Å². The summed E-state index contributed by atoms with van der Waals surface area (Å²) in [6, 6.07) is 2.96. The molecule has 0 saturated carbocycles. The summed E-state index contributed by atoms with van der Waals surface area (Å²) in [7, 11) is 0. The zero-order chi connectivity index (χ0) is 54.5. The van der Waals surface area contributed by atoms with E-state index in [4.69, 9.17) is 22.9 Å². The minimum absolute atomic E-state index is 0.0294. The zero-order valence-electron chi connectivity index (χ0n) is 44.2. The number of unbranched alkanes of at least 4 members (excludes halogenated alkanes) is 4. The second kappa shape index (κ2) is 35.1. The summed E-state index contributed by atoms with van der Waals surface area (Å²) < 4.78 is 0. The van der Waals surface area contributed by atoms with Gasteiger partial charge in [0.1, 0.15) is 35.7 Å². The van der Waals surface area contributed by atoms with Crippen LogP contribution in [0.15, 0.2) is 30.3 Å². The van der Waals surface area contributed by atoms with Crippen molar-refractivity contribution < 1.29 is 48.3 Å². The summed E-state index contributed by atoms with van der Waals surface area (Å²) in [4.78, 5) is 126. The average Bonchev–Trinajstić information content (AvgIpc) is 3.33. The summed E-state index contributed by atoms with van der Waals surface area (Å²) in [6.45, 7) is 9.02. The van der Waals surface area contributed by atoms with Gasteiger partial charge in [-0.3, -0.25) is 43.2 Å². The molecule has 2 rings (SSSR count). The lowest BCUT2D eigenvalue weighted by atomic mass is 9.87. The number of carbonyl (C=O) groups excluding carboxylic acids is 9. The van der Waals surface area contributed by atoms with E-state index < -0.39 is 107 Å². The third kappa shape index (κ3) is 24.6. The Morgan fingerprint density at radius 1 is 0.616 bits per heavy atom. The zero-order valence-corrected chi connectivity index (χ0v) is 44.2. The summed E-state index contributed by atoms with van der Waals surface area (Å²) in [5.74, 6) is -8.94. The van der Waals surface area contributed by atoms with Crippen LogP contribution in [-0.4, -0.2) is 127 Å². The molecule has 0 unspecified atom stereocenters. The first-order valence-corrected chi connectivity index (χ1v) is 26.7. The first-order chi connectivity index (χ1) is 34.8. The van der Waals surface area contributed by atoms with Gasteiger partial charge in [-0.25, -0.2) is 0 Å². The van der Waals surface area contributed by atoms with E-state index in [1.165, 1.54) is 0 Å². The Morgan fingerprint density at radius 3 is 1.66 bits per heavy atom. The Morgan fingerprint density at radius 2 is 1.11 bits per heavy atom. The van der Waals surface area contributed by atoms with Gasteiger partial charge in [0.05, 0.1) is 12.1 Å². The van der Waals surface area contributed by atoms with Crippen LogP contribution in [0.3, 0.4) is 0 Å². The van der Waals surface area contributed by atoms with Gasteiger partial charge >= 0.3 is 0 Å². The van der Waals surface area contributed by atoms with E-state index in [1.54, 1.807) is 30.3 Å². The van der Waals surface area contributed by atoms with Gasteiger partial charge in [0.2, 0.25) is 35.4 Å². The number of nitrogens with two attached hydrogens (primary N) is 4. The second-order valence-electron chi connectivity index (χ2n) is 20.5. The monoisotopic (exact) mass is 1030 g/mol. The topological polar surface area (TPSA) is 350 Å². The van der Waals surface area contributed by atoms with Crippen molar-refractivity contribution in [1.82, 2.24) is 31.9 Å². The molecule has 0 radical (unpaired) electrons. The molecule has 1 aliphatic rings. The number of rotatable bonds is 26. The molecule has 20 nitrogen and oxygen atoms in total. The number of nitrogens with one attached hydrogen (secondary N) is 6. The highest BCUT2D eigenvalue weighted by atomic mass is 16.3. The Hall–Kier alpha value is -5.15. The van der Waals surface area contributed by atoms with Gasteiger partial charge in [0, 0.05) is 56.5 Å². The highest BCUT2D eigenvalue weighted by Crippen LogP contribution is 2.21. The first-order valence-electron chi connectivity index (χ1n) is 26.7. The van der Waals surface area contributed by atoms with Crippen molar-refractivity contribution in [2.75, 3.05) is 32.7 Å². The first kappa shape index (κ1) is 64.0. The Bertz CT molecular complexity index is 1900. The summed E-state index contributed by atoms with van der Waals surface area (Å²) in [6.07, 6.45) is 3.45. The molecular formula is C53H90N10O10. The van der Waals surface area contributed by atoms with Crippen LogP contribution in [0.5, 0.6) is 0 Å². The van der Waals surface area contributed by atoms with E-state index in [2.05, 4.69) is 38.8 Å². The molecule has 1 saturated heterocycles. The normalized spacial score (nSPS) is 23.4. The van der Waals surface area contributed by atoms with E-state index in [1.807, 2.05) is 27.7 Å². The molecule has 73 heavy (non-hydrogen) atoms. The van der Waals surface area contributed by atoms with Gasteiger partial charge in [-0.2, -0.15) is 0 Å². The Balaban J connectivity index is 2.66. The number of carbonyl (C=O) groups is 9. The minimum Gasteiger partial charge on any atom is -0.393 e. The summed E-state index contributed by atoms with van der Waals surface area (Å²) in [5.41, 5.74) is 24.6. The number of aliphatic hydroxyl groups is 1. The molecule has 1 aromatic carbocycles. The molecule has 1 heterocycles. The standard InChI is InChI=1S/C53H90N10O10/c1-6-7-8-9-13-16-39(64)31-40(65)28-38(32-57)46(66)29-36-20-24-58-50(70)44(25-33(2)3)63-52(72)43(19-23-56)60-51(71)42(18-22-55)61-53(73)45(26-34(4)5)62-49(69)37(27-35-14-11-10-12-15-35)30-47(67)41(17-21-54)59-48(36)68/h10-12,14-15,33-34,36-39,41-45,64H,6-9,13,16-32,54-57H2,1-5H3,(H,58,70)(H,59,68)(H,60,71)(H,61,73)(H,62,69)(H,63,72)/t36-,37+,38+,39-,41+,42+,43+,44+,45+/m1/s1. The number of benzene rings is 1. The molecule has 0 spiro atoms. The summed E-state index contributed by atoms with van der Waals surface area (Å²) >= 11 is 0. The predicted molar refractivity (Wildman–Crippen MR) is 280 cm³/mol. The van der Waals surface area contributed by atoms with E-state index >= 15 is 0 Å². The fourth-order valence-corrected chi connectivity index (χ4v) is 8.96. The molecule has 20 heteroatoms. The maximum atomic E-state index is 14.4. The Kier molecular flexibility index (Phi) is 30.8. The van der Waals surface area contributed by atoms with Crippen LogP contribution in [0.2, 0.25) is 0 Å². The van der Waals surface area contributed by atoms with Crippen molar-refractivity contribution in [1.29, 1.82) is 0 Å².